The fourth-order valence-corrected chi connectivity index (χ4v) is 8.93. The van der Waals surface area contributed by atoms with E-state index in [9.17, 15) is 49.2 Å². The number of hydrogen-bond donors (Lipinski definition) is 2. The number of rotatable bonds is 21. The number of nitrogens with zero attached hydrogens (tertiary/aromatic N) is 3. The lowest BCUT2D eigenvalue weighted by atomic mass is 9.93. The zero-order chi connectivity index (χ0) is 50.5. The van der Waals surface area contributed by atoms with Crippen molar-refractivity contribution < 1.29 is 72.5 Å². The van der Waals surface area contributed by atoms with Crippen LogP contribution < -0.4 is 25.5 Å². The van der Waals surface area contributed by atoms with Gasteiger partial charge in [0.05, 0.1) is 30.6 Å². The Morgan fingerprint density at radius 1 is 0.725 bits per heavy atom. The van der Waals surface area contributed by atoms with Crippen molar-refractivity contribution in [1.82, 2.24) is 15.2 Å². The van der Waals surface area contributed by atoms with Crippen molar-refractivity contribution in [1.29, 1.82) is 0 Å². The second kappa shape index (κ2) is 23.2. The molecule has 2 aliphatic rings. The third-order valence-electron chi connectivity index (χ3n) is 9.79. The highest BCUT2D eigenvalue weighted by Gasteiger charge is 2.41. The van der Waals surface area contributed by atoms with Crippen LogP contribution in [-0.4, -0.2) is 106 Å². The van der Waals surface area contributed by atoms with Gasteiger partial charge in [0.1, 0.15) is 47.7 Å². The zero-order valence-corrected chi connectivity index (χ0v) is 39.2. The first-order valence-corrected chi connectivity index (χ1v) is 23.8. The van der Waals surface area contributed by atoms with Gasteiger partial charge in [-0.2, -0.15) is 13.2 Å². The number of ether oxygens (including phenoxy) is 4. The molecule has 69 heavy (non-hydrogen) atoms. The highest BCUT2D eigenvalue weighted by molar-refractivity contribution is 8.12. The first kappa shape index (κ1) is 52.7. The highest BCUT2D eigenvalue weighted by Crippen LogP contribution is 2.45. The van der Waals surface area contributed by atoms with Gasteiger partial charge >= 0.3 is 29.6 Å². The van der Waals surface area contributed by atoms with Crippen LogP contribution in [0.15, 0.2) is 125 Å². The molecule has 2 N–H and O–H groups in total. The van der Waals surface area contributed by atoms with Gasteiger partial charge in [-0.25, -0.2) is 40.6 Å². The number of carbonyl (C=O) groups is 4. The molecule has 3 aromatic rings. The van der Waals surface area contributed by atoms with Crippen LogP contribution in [0.3, 0.4) is 0 Å². The zero-order valence-electron chi connectivity index (χ0n) is 37.5. The number of amides is 2. The van der Waals surface area contributed by atoms with E-state index in [0.717, 1.165) is 6.07 Å². The molecular weight excluding hydrogens is 952 g/mol. The number of sulfonamides is 2. The van der Waals surface area contributed by atoms with E-state index in [-0.39, 0.29) is 97.2 Å². The molecule has 18 nitrogen and oxygen atoms in total. The van der Waals surface area contributed by atoms with E-state index in [2.05, 4.69) is 27.9 Å². The van der Waals surface area contributed by atoms with Crippen LogP contribution in [0.2, 0.25) is 0 Å². The number of anilines is 2. The first-order valence-electron chi connectivity index (χ1n) is 20.9. The lowest BCUT2D eigenvalue weighted by Gasteiger charge is -2.26. The Kier molecular flexibility index (Phi) is 17.7. The molecule has 368 valence electrons. The fourth-order valence-electron chi connectivity index (χ4n) is 6.54. The van der Waals surface area contributed by atoms with E-state index in [4.69, 9.17) is 23.4 Å². The molecule has 0 unspecified atom stereocenters. The van der Waals surface area contributed by atoms with E-state index < -0.39 is 54.6 Å². The van der Waals surface area contributed by atoms with Crippen LogP contribution in [0.25, 0.3) is 37.5 Å². The molecule has 3 aromatic carbocycles. The molecule has 0 radical (unpaired) electrons. The van der Waals surface area contributed by atoms with Crippen LogP contribution in [-0.2, 0) is 48.6 Å². The van der Waals surface area contributed by atoms with Crippen LogP contribution in [0.5, 0.6) is 0 Å². The number of alkyl carbamates (subject to hydrolysis) is 2. The van der Waals surface area contributed by atoms with E-state index >= 15 is 0 Å². The van der Waals surface area contributed by atoms with Gasteiger partial charge in [-0.3, -0.25) is 0 Å². The van der Waals surface area contributed by atoms with Crippen LogP contribution in [0, 0.1) is 0 Å². The van der Waals surface area contributed by atoms with Crippen LogP contribution in [0.4, 0.5) is 34.1 Å². The Hall–Kier alpha value is -7.24. The van der Waals surface area contributed by atoms with Crippen molar-refractivity contribution in [3.63, 3.8) is 0 Å². The number of nitrogens with one attached hydrogen (secondary N) is 2. The average Bonchev–Trinajstić information content (AvgIpc) is 3.30. The molecule has 23 heteroatoms. The Morgan fingerprint density at radius 3 is 1.91 bits per heavy atom. The summed E-state index contributed by atoms with van der Waals surface area (Å²) in [6, 6.07) is 23.6. The summed E-state index contributed by atoms with van der Waals surface area (Å²) in [6.07, 6.45) is -1.55. The minimum absolute atomic E-state index is 0.0119. The standard InChI is InChI=1S/C46H48F3N5O13S2/c1-6-53(22-26-65-44(57)50-20-24-63-42(55)30(2)3)33-16-18-35-38(28-33)67-39-29-34(54(32-12-8-7-9-13-32)23-27-66-45(58)51-21-25-64-43(56)31(4)5)17-19-36(39)41(35)37-14-10-11-15-40(37)68(59,60)52-69(61,62)46(47,48)49/h7-19,28-29H,2,4,6,20-27H2,1,3,5H3,(H,50,57)(H,51,58). The molecule has 1 aliphatic carbocycles. The Morgan fingerprint density at radius 2 is 1.32 bits per heavy atom. The number of alkyl halides is 3. The SMILES string of the molecule is C=C(C)C(=O)OCCNC(=O)OCCN(c1ccccc1)c1ccc2c(-c3ccccc3S(=O)(=O)[N-]S(=O)(=O)C(F)(F)F)c3ccc(=[N+](CC)CCOC(=O)NCCOC(=O)C(=C)C)cc-3oc2c1. The maximum atomic E-state index is 13.6. The third kappa shape index (κ3) is 13.9. The number of fused-ring (bicyclic) bond motifs is 2. The number of benzene rings is 4. The monoisotopic (exact) mass is 999 g/mol. The summed E-state index contributed by atoms with van der Waals surface area (Å²) >= 11 is 0. The third-order valence-corrected chi connectivity index (χ3v) is 12.9. The molecule has 0 saturated carbocycles. The van der Waals surface area contributed by atoms with Gasteiger partial charge in [0.25, 0.3) is 0 Å². The fraction of sp³-hybridized carbons (Fsp3) is 0.283. The van der Waals surface area contributed by atoms with E-state index in [1.807, 2.05) is 11.5 Å². The summed E-state index contributed by atoms with van der Waals surface area (Å²) in [5.41, 5.74) is -4.11. The molecule has 0 spiro atoms. The summed E-state index contributed by atoms with van der Waals surface area (Å²) in [6.45, 7) is 11.9. The number of para-hydroxylation sites is 1. The first-order chi connectivity index (χ1) is 32.6. The molecular formula is C46H48F3N5O13S2. The summed E-state index contributed by atoms with van der Waals surface area (Å²) in [7, 11) is -12.0. The van der Waals surface area contributed by atoms with Gasteiger partial charge in [0, 0.05) is 56.7 Å². The van der Waals surface area contributed by atoms with Crippen molar-refractivity contribution in [3.8, 4) is 22.5 Å². The minimum Gasteiger partial charge on any atom is -0.460 e. The Balaban J connectivity index is 1.56. The van der Waals surface area contributed by atoms with Gasteiger partial charge in [0.2, 0.25) is 5.36 Å². The summed E-state index contributed by atoms with van der Waals surface area (Å²) in [4.78, 5) is 49.1. The van der Waals surface area contributed by atoms with Crippen molar-refractivity contribution in [3.05, 3.63) is 125 Å². The number of halogens is 3. The maximum absolute atomic E-state index is 13.6. The van der Waals surface area contributed by atoms with Crippen molar-refractivity contribution in [2.45, 2.75) is 31.2 Å². The smallest absolute Gasteiger partial charge is 0.460 e. The van der Waals surface area contributed by atoms with Gasteiger partial charge in [-0.1, -0.05) is 49.6 Å². The number of esters is 2. The molecule has 1 heterocycles. The largest absolute Gasteiger partial charge is 0.480 e. The summed E-state index contributed by atoms with van der Waals surface area (Å²) in [5, 5.41) is 5.78. The van der Waals surface area contributed by atoms with Crippen molar-refractivity contribution in [2.24, 2.45) is 0 Å². The summed E-state index contributed by atoms with van der Waals surface area (Å²) < 4.78 is 123. The van der Waals surface area contributed by atoms with E-state index in [0.29, 0.717) is 23.3 Å². The summed E-state index contributed by atoms with van der Waals surface area (Å²) in [5.74, 6) is -1.07. The van der Waals surface area contributed by atoms with Gasteiger partial charge in [-0.15, -0.1) is 0 Å². The number of hydrogen-bond acceptors (Lipinski definition) is 14. The van der Waals surface area contributed by atoms with E-state index in [1.54, 1.807) is 71.6 Å². The average molecular weight is 1000 g/mol. The Labute approximate surface area is 395 Å². The predicted molar refractivity (Wildman–Crippen MR) is 248 cm³/mol. The lowest BCUT2D eigenvalue weighted by molar-refractivity contribution is -0.139. The quantitative estimate of drug-likeness (QED) is 0.0194. The molecule has 5 rings (SSSR count). The molecule has 0 fully saturated rings. The second-order valence-corrected chi connectivity index (χ2v) is 18.2. The predicted octanol–water partition coefficient (Wildman–Crippen LogP) is 6.74. The maximum Gasteiger partial charge on any atom is 0.480 e. The Bertz CT molecular complexity index is 3000. The number of carbonyl (C=O) groups excluding carboxylic acids is 4. The molecule has 0 aromatic heterocycles. The highest BCUT2D eigenvalue weighted by atomic mass is 32.3. The van der Waals surface area contributed by atoms with Crippen molar-refractivity contribution in [2.75, 3.05) is 64.1 Å². The molecule has 1 aliphatic heterocycles. The van der Waals surface area contributed by atoms with Gasteiger partial charge in [0.15, 0.2) is 23.2 Å². The van der Waals surface area contributed by atoms with Crippen molar-refractivity contribution >= 4 is 66.5 Å². The van der Waals surface area contributed by atoms with Crippen LogP contribution >= 0.6 is 0 Å². The molecule has 0 atom stereocenters. The second-order valence-electron chi connectivity index (χ2n) is 14.8. The molecule has 2 amide bonds. The minimum atomic E-state index is -6.50. The van der Waals surface area contributed by atoms with Gasteiger partial charge in [-0.05, 0) is 57.2 Å². The van der Waals surface area contributed by atoms with E-state index in [1.165, 1.54) is 32.0 Å². The molecule has 0 saturated heterocycles. The number of likely N-dealkylation sites (N-methyl/N-ethyl adjacent to an activating group) is 1. The normalized spacial score (nSPS) is 12.1. The molecule has 0 bridgehead atoms. The lowest BCUT2D eigenvalue weighted by Crippen LogP contribution is -2.35. The van der Waals surface area contributed by atoms with Gasteiger partial charge < -0.3 is 43.0 Å². The topological polar surface area (TPSA) is 231 Å². The van der Waals surface area contributed by atoms with Crippen LogP contribution in [0.1, 0.15) is 20.8 Å².